The Kier molecular flexibility index (Phi) is 4.04. The Balaban J connectivity index is 1.99. The second kappa shape index (κ2) is 6.14. The molecule has 0 radical (unpaired) electrons. The molecule has 0 aliphatic carbocycles. The van der Waals surface area contributed by atoms with E-state index in [2.05, 4.69) is 17.0 Å². The number of nitrogens with zero attached hydrogens (tertiary/aromatic N) is 1. The van der Waals surface area contributed by atoms with Gasteiger partial charge in [-0.2, -0.15) is 0 Å². The van der Waals surface area contributed by atoms with Gasteiger partial charge in [0.05, 0.1) is 16.3 Å². The maximum Gasteiger partial charge on any atom is 0.280 e. The minimum absolute atomic E-state index is 0.244. The van der Waals surface area contributed by atoms with Gasteiger partial charge in [0.15, 0.2) is 0 Å². The van der Waals surface area contributed by atoms with Crippen LogP contribution in [0, 0.1) is 5.82 Å². The van der Waals surface area contributed by atoms with E-state index in [9.17, 15) is 9.18 Å². The van der Waals surface area contributed by atoms with Crippen LogP contribution in [0.1, 0.15) is 0 Å². The quantitative estimate of drug-likeness (QED) is 0.774. The summed E-state index contributed by atoms with van der Waals surface area (Å²) in [5, 5.41) is 7.33. The van der Waals surface area contributed by atoms with Gasteiger partial charge in [0.25, 0.3) is 5.56 Å². The van der Waals surface area contributed by atoms with Crippen LogP contribution in [0.15, 0.2) is 53.3 Å². The van der Waals surface area contributed by atoms with Gasteiger partial charge in [-0.05, 0) is 48.5 Å². The van der Waals surface area contributed by atoms with Crippen LogP contribution in [-0.2, 0) is 0 Å². The van der Waals surface area contributed by atoms with Crippen LogP contribution in [0.4, 0.5) is 10.1 Å². The lowest BCUT2D eigenvalue weighted by molar-refractivity contribution is 0.628. The van der Waals surface area contributed by atoms with Crippen molar-refractivity contribution in [1.82, 2.24) is 9.78 Å². The number of hydrogen-bond donors (Lipinski definition) is 2. The molecule has 3 rings (SSSR count). The zero-order chi connectivity index (χ0) is 16.4. The van der Waals surface area contributed by atoms with E-state index in [4.69, 9.17) is 11.6 Å². The van der Waals surface area contributed by atoms with Crippen molar-refractivity contribution in [2.24, 2.45) is 0 Å². The largest absolute Gasteiger partial charge is 0.361 e. The maximum atomic E-state index is 12.9. The number of hydrogen-bond acceptors (Lipinski definition) is 2. The number of anilines is 1. The molecule has 1 heterocycles. The Morgan fingerprint density at radius 2 is 1.78 bits per heavy atom. The Morgan fingerprint density at radius 3 is 2.43 bits per heavy atom. The molecule has 0 amide bonds. The van der Waals surface area contributed by atoms with Crippen molar-refractivity contribution in [1.29, 1.82) is 0 Å². The first kappa shape index (κ1) is 15.1. The third-order valence-electron chi connectivity index (χ3n) is 3.32. The molecule has 2 N–H and O–H groups in total. The summed E-state index contributed by atoms with van der Waals surface area (Å²) in [6.45, 7) is 3.84. The van der Waals surface area contributed by atoms with Gasteiger partial charge in [0.2, 0.25) is 0 Å². The van der Waals surface area contributed by atoms with Gasteiger partial charge in [-0.3, -0.25) is 9.89 Å². The Labute approximate surface area is 136 Å². The molecule has 0 aliphatic heterocycles. The molecule has 0 saturated carbocycles. The smallest absolute Gasteiger partial charge is 0.280 e. The molecule has 6 heteroatoms. The topological polar surface area (TPSA) is 49.8 Å². The molecule has 2 aromatic carbocycles. The van der Waals surface area contributed by atoms with Crippen LogP contribution >= 0.6 is 11.6 Å². The summed E-state index contributed by atoms with van der Waals surface area (Å²) in [4.78, 5) is 12.5. The van der Waals surface area contributed by atoms with Crippen molar-refractivity contribution >= 4 is 30.1 Å². The number of aromatic nitrogens is 2. The molecule has 0 atom stereocenters. The first-order chi connectivity index (χ1) is 11.0. The highest BCUT2D eigenvalue weighted by Gasteiger charge is 2.04. The summed E-state index contributed by atoms with van der Waals surface area (Å²) >= 11 is 5.85. The van der Waals surface area contributed by atoms with Crippen LogP contribution in [0.25, 0.3) is 18.5 Å². The van der Waals surface area contributed by atoms with Crippen molar-refractivity contribution in [3.8, 4) is 5.69 Å². The molecule has 116 valence electrons. The predicted molar refractivity (Wildman–Crippen MR) is 90.7 cm³/mol. The molecular weight excluding hydrogens is 317 g/mol. The average Bonchev–Trinajstić information content (AvgIpc) is 2.82. The average molecular weight is 330 g/mol. The van der Waals surface area contributed by atoms with Gasteiger partial charge in [-0.1, -0.05) is 18.2 Å². The predicted octanol–water partition coefficient (Wildman–Crippen LogP) is 2.22. The summed E-state index contributed by atoms with van der Waals surface area (Å²) < 4.78 is 14.3. The van der Waals surface area contributed by atoms with Crippen molar-refractivity contribution in [2.75, 3.05) is 5.32 Å². The molecule has 3 aromatic rings. The van der Waals surface area contributed by atoms with Gasteiger partial charge >= 0.3 is 0 Å². The first-order valence-corrected chi connectivity index (χ1v) is 7.20. The fourth-order valence-corrected chi connectivity index (χ4v) is 2.24. The standard InChI is InChI=1S/C17H13ClFN3O/c1-11-16(10-20-14-6-4-13(19)5-7-14)17(23)22(21-11)15-8-2-12(18)3-9-15/h2-10,20-21H,1H2/b16-10-. The normalized spacial score (nSPS) is 11.7. The maximum absolute atomic E-state index is 12.9. The second-order valence-corrected chi connectivity index (χ2v) is 5.35. The molecule has 0 saturated heterocycles. The lowest BCUT2D eigenvalue weighted by atomic mass is 10.3. The van der Waals surface area contributed by atoms with Crippen molar-refractivity contribution in [3.05, 3.63) is 80.3 Å². The van der Waals surface area contributed by atoms with E-state index < -0.39 is 0 Å². The summed E-state index contributed by atoms with van der Waals surface area (Å²) in [6.07, 6.45) is 1.54. The molecule has 4 nitrogen and oxygen atoms in total. The Bertz CT molecular complexity index is 988. The molecular formula is C17H13ClFN3O. The molecule has 0 unspecified atom stereocenters. The molecule has 0 spiro atoms. The number of aromatic amines is 1. The van der Waals surface area contributed by atoms with E-state index in [-0.39, 0.29) is 11.4 Å². The number of H-pyrrole nitrogens is 1. The fourth-order valence-electron chi connectivity index (χ4n) is 2.12. The highest BCUT2D eigenvalue weighted by Crippen LogP contribution is 2.10. The lowest BCUT2D eigenvalue weighted by Gasteiger charge is -2.00. The molecule has 0 aliphatic rings. The zero-order valence-electron chi connectivity index (χ0n) is 12.0. The van der Waals surface area contributed by atoms with Crippen LogP contribution in [-0.4, -0.2) is 9.78 Å². The Hall–Kier alpha value is -2.79. The number of benzene rings is 2. The van der Waals surface area contributed by atoms with Crippen molar-refractivity contribution < 1.29 is 4.39 Å². The third kappa shape index (κ3) is 3.19. The van der Waals surface area contributed by atoms with Gasteiger partial charge in [-0.15, -0.1) is 0 Å². The highest BCUT2D eigenvalue weighted by atomic mass is 35.5. The van der Waals surface area contributed by atoms with E-state index in [1.807, 2.05) is 0 Å². The number of halogens is 2. The van der Waals surface area contributed by atoms with Gasteiger partial charge in [0.1, 0.15) is 5.82 Å². The second-order valence-electron chi connectivity index (χ2n) is 4.92. The third-order valence-corrected chi connectivity index (χ3v) is 3.57. The summed E-state index contributed by atoms with van der Waals surface area (Å²) in [5.41, 5.74) is 1.09. The van der Waals surface area contributed by atoms with E-state index >= 15 is 0 Å². The molecule has 1 aromatic heterocycles. The van der Waals surface area contributed by atoms with E-state index in [0.29, 0.717) is 27.0 Å². The lowest BCUT2D eigenvalue weighted by Crippen LogP contribution is -2.34. The monoisotopic (exact) mass is 329 g/mol. The van der Waals surface area contributed by atoms with E-state index in [1.165, 1.54) is 16.8 Å². The molecule has 0 fully saturated rings. The number of rotatable bonds is 3. The molecule has 23 heavy (non-hydrogen) atoms. The van der Waals surface area contributed by atoms with Crippen LogP contribution in [0.2, 0.25) is 5.02 Å². The highest BCUT2D eigenvalue weighted by molar-refractivity contribution is 6.30. The summed E-state index contributed by atoms with van der Waals surface area (Å²) in [5.74, 6) is -0.319. The Morgan fingerprint density at radius 1 is 1.13 bits per heavy atom. The SMILES string of the molecule is C=c1[nH]n(-c2ccc(Cl)cc2)c(=O)/c1=C\Nc1ccc(F)cc1. The summed E-state index contributed by atoms with van der Waals surface area (Å²) in [7, 11) is 0. The van der Waals surface area contributed by atoms with Gasteiger partial charge < -0.3 is 5.32 Å². The molecule has 0 bridgehead atoms. The van der Waals surface area contributed by atoms with Crippen LogP contribution in [0.3, 0.4) is 0 Å². The zero-order valence-corrected chi connectivity index (χ0v) is 12.8. The van der Waals surface area contributed by atoms with Crippen molar-refractivity contribution in [2.45, 2.75) is 0 Å². The van der Waals surface area contributed by atoms with Gasteiger partial charge in [0, 0.05) is 16.9 Å². The van der Waals surface area contributed by atoms with E-state index in [0.717, 1.165) is 0 Å². The summed E-state index contributed by atoms with van der Waals surface area (Å²) in [6, 6.07) is 12.7. The minimum atomic E-state index is -0.319. The van der Waals surface area contributed by atoms with Crippen LogP contribution in [0.5, 0.6) is 0 Å². The first-order valence-electron chi connectivity index (χ1n) is 6.83. The van der Waals surface area contributed by atoms with E-state index in [1.54, 1.807) is 42.6 Å². The van der Waals surface area contributed by atoms with Gasteiger partial charge in [-0.25, -0.2) is 9.07 Å². The number of nitrogens with one attached hydrogen (secondary N) is 2. The fraction of sp³-hybridized carbons (Fsp3) is 0. The van der Waals surface area contributed by atoms with Crippen molar-refractivity contribution in [3.63, 3.8) is 0 Å². The van der Waals surface area contributed by atoms with Crippen LogP contribution < -0.4 is 21.4 Å². The minimum Gasteiger partial charge on any atom is -0.361 e.